The number of nitrogens with two attached hydrogens (primary N) is 1. The maximum Gasteiger partial charge on any atom is 0.407 e. The molecule has 7 heteroatoms. The number of nitrogen functional groups attached to an aromatic ring is 1. The van der Waals surface area contributed by atoms with Gasteiger partial charge in [-0.2, -0.15) is 0 Å². The molecule has 0 heterocycles. The van der Waals surface area contributed by atoms with Gasteiger partial charge in [0, 0.05) is 6.54 Å². The Balaban J connectivity index is 2.66. The lowest BCUT2D eigenvalue weighted by atomic mass is 10.0. The van der Waals surface area contributed by atoms with Gasteiger partial charge in [0.2, 0.25) is 0 Å². The second-order valence-electron chi connectivity index (χ2n) is 6.13. The number of ether oxygens (including phenoxy) is 1. The fourth-order valence-corrected chi connectivity index (χ4v) is 2.06. The van der Waals surface area contributed by atoms with Crippen LogP contribution in [0.3, 0.4) is 0 Å². The minimum atomic E-state index is -1.20. The number of aliphatic hydroxyl groups is 2. The predicted molar refractivity (Wildman–Crippen MR) is 85.8 cm³/mol. The molecule has 124 valence electrons. The largest absolute Gasteiger partial charge is 0.444 e. The highest BCUT2D eigenvalue weighted by molar-refractivity contribution is 6.33. The summed E-state index contributed by atoms with van der Waals surface area (Å²) in [6, 6.07) is 3.13. The zero-order chi connectivity index (χ0) is 17.1. The molecule has 0 spiro atoms. The van der Waals surface area contributed by atoms with Crippen molar-refractivity contribution < 1.29 is 19.7 Å². The molecule has 0 bridgehead atoms. The summed E-state index contributed by atoms with van der Waals surface area (Å²) < 4.78 is 5.05. The zero-order valence-electron chi connectivity index (χ0n) is 13.2. The van der Waals surface area contributed by atoms with Crippen molar-refractivity contribution >= 4 is 23.4 Å². The molecule has 2 unspecified atom stereocenters. The molecule has 0 saturated carbocycles. The van der Waals surface area contributed by atoms with Crippen LogP contribution in [0, 0.1) is 6.92 Å². The van der Waals surface area contributed by atoms with Crippen LogP contribution in [-0.2, 0) is 4.74 Å². The van der Waals surface area contributed by atoms with Gasteiger partial charge in [-0.05, 0) is 44.9 Å². The van der Waals surface area contributed by atoms with E-state index in [1.807, 2.05) is 0 Å². The second-order valence-corrected chi connectivity index (χ2v) is 6.54. The van der Waals surface area contributed by atoms with Gasteiger partial charge < -0.3 is 26.0 Å². The number of carbonyl (C=O) groups is 1. The number of nitrogens with one attached hydrogen (secondary N) is 1. The number of carbonyl (C=O) groups excluding carboxylic acids is 1. The average molecular weight is 331 g/mol. The van der Waals surface area contributed by atoms with Crippen molar-refractivity contribution in [1.82, 2.24) is 5.32 Å². The molecule has 0 aliphatic heterocycles. The Labute approximate surface area is 135 Å². The van der Waals surface area contributed by atoms with Crippen molar-refractivity contribution in [2.75, 3.05) is 12.3 Å². The Kier molecular flexibility index (Phi) is 6.05. The van der Waals surface area contributed by atoms with Crippen LogP contribution in [0.25, 0.3) is 0 Å². The van der Waals surface area contributed by atoms with Crippen LogP contribution in [0.5, 0.6) is 0 Å². The molecule has 5 N–H and O–H groups in total. The number of aliphatic hydroxyl groups excluding tert-OH is 2. The van der Waals surface area contributed by atoms with Crippen LogP contribution < -0.4 is 11.1 Å². The van der Waals surface area contributed by atoms with Gasteiger partial charge >= 0.3 is 6.09 Å². The number of benzene rings is 1. The molecule has 1 aromatic carbocycles. The third-order valence-electron chi connectivity index (χ3n) is 2.92. The molecule has 6 nitrogen and oxygen atoms in total. The number of alkyl carbamates (subject to hydrolysis) is 1. The van der Waals surface area contributed by atoms with E-state index in [9.17, 15) is 15.0 Å². The van der Waals surface area contributed by atoms with E-state index in [-0.39, 0.29) is 6.54 Å². The lowest BCUT2D eigenvalue weighted by Crippen LogP contribution is -2.38. The average Bonchev–Trinajstić information content (AvgIpc) is 2.38. The number of hydrogen-bond donors (Lipinski definition) is 4. The maximum atomic E-state index is 11.5. The summed E-state index contributed by atoms with van der Waals surface area (Å²) in [7, 11) is 0. The fraction of sp³-hybridized carbons (Fsp3) is 0.533. The van der Waals surface area contributed by atoms with Gasteiger partial charge in [0.15, 0.2) is 0 Å². The van der Waals surface area contributed by atoms with Crippen LogP contribution in [0.4, 0.5) is 10.5 Å². The highest BCUT2D eigenvalue weighted by Gasteiger charge is 2.22. The quantitative estimate of drug-likeness (QED) is 0.633. The molecule has 0 fully saturated rings. The number of halogens is 1. The van der Waals surface area contributed by atoms with Crippen molar-refractivity contribution in [3.05, 3.63) is 28.3 Å². The number of rotatable bonds is 4. The Hall–Kier alpha value is -1.50. The van der Waals surface area contributed by atoms with Gasteiger partial charge in [-0.1, -0.05) is 17.7 Å². The van der Waals surface area contributed by atoms with Crippen molar-refractivity contribution in [2.24, 2.45) is 0 Å². The first-order valence-corrected chi connectivity index (χ1v) is 7.27. The fourth-order valence-electron chi connectivity index (χ4n) is 1.79. The van der Waals surface area contributed by atoms with Crippen molar-refractivity contribution in [2.45, 2.75) is 45.5 Å². The molecule has 0 aromatic heterocycles. The molecule has 0 aliphatic carbocycles. The van der Waals surface area contributed by atoms with E-state index in [2.05, 4.69) is 5.32 Å². The second kappa shape index (κ2) is 7.17. The first-order valence-electron chi connectivity index (χ1n) is 6.89. The number of hydrogen-bond acceptors (Lipinski definition) is 5. The molecular formula is C15H23ClN2O4. The first-order chi connectivity index (χ1) is 10.0. The van der Waals surface area contributed by atoms with Crippen LogP contribution in [0.2, 0.25) is 5.02 Å². The van der Waals surface area contributed by atoms with E-state index >= 15 is 0 Å². The van der Waals surface area contributed by atoms with Gasteiger partial charge in [-0.3, -0.25) is 0 Å². The molecule has 1 rings (SSSR count). The van der Waals surface area contributed by atoms with Crippen molar-refractivity contribution in [3.63, 3.8) is 0 Å². The molecule has 22 heavy (non-hydrogen) atoms. The number of amides is 1. The summed E-state index contributed by atoms with van der Waals surface area (Å²) in [4.78, 5) is 11.5. The van der Waals surface area contributed by atoms with Gasteiger partial charge in [-0.15, -0.1) is 0 Å². The van der Waals surface area contributed by atoms with E-state index < -0.39 is 23.9 Å². The Morgan fingerprint density at radius 3 is 2.50 bits per heavy atom. The number of anilines is 1. The molecule has 2 atom stereocenters. The van der Waals surface area contributed by atoms with Gasteiger partial charge in [-0.25, -0.2) is 4.79 Å². The van der Waals surface area contributed by atoms with E-state index in [1.165, 1.54) is 6.07 Å². The smallest absolute Gasteiger partial charge is 0.407 e. The van der Waals surface area contributed by atoms with Crippen molar-refractivity contribution in [1.29, 1.82) is 0 Å². The molecular weight excluding hydrogens is 308 g/mol. The minimum Gasteiger partial charge on any atom is -0.444 e. The summed E-state index contributed by atoms with van der Waals surface area (Å²) in [6.45, 7) is 6.80. The highest BCUT2D eigenvalue weighted by Crippen LogP contribution is 2.28. The monoisotopic (exact) mass is 330 g/mol. The van der Waals surface area contributed by atoms with Crippen LogP contribution in [0.1, 0.15) is 38.0 Å². The zero-order valence-corrected chi connectivity index (χ0v) is 13.9. The lowest BCUT2D eigenvalue weighted by molar-refractivity contribution is 0.0129. The van der Waals surface area contributed by atoms with Gasteiger partial charge in [0.05, 0.1) is 10.7 Å². The van der Waals surface area contributed by atoms with Crippen LogP contribution >= 0.6 is 11.6 Å². The topological polar surface area (TPSA) is 105 Å². The molecule has 0 aliphatic rings. The van der Waals surface area contributed by atoms with E-state index in [1.54, 1.807) is 33.8 Å². The molecule has 1 aromatic rings. The Morgan fingerprint density at radius 2 is 2.00 bits per heavy atom. The Morgan fingerprint density at radius 1 is 1.41 bits per heavy atom. The van der Waals surface area contributed by atoms with Gasteiger partial charge in [0.1, 0.15) is 17.8 Å². The SMILES string of the molecule is Cc1cc(C(O)C(O)CNC(=O)OC(C)(C)C)cc(Cl)c1N. The standard InChI is InChI=1S/C15H23ClN2O4/c1-8-5-9(6-10(16)12(8)17)13(20)11(19)7-18-14(21)22-15(2,3)4/h5-6,11,13,19-20H,7,17H2,1-4H3,(H,18,21). The van der Waals surface area contributed by atoms with E-state index in [0.717, 1.165) is 0 Å². The molecule has 0 saturated heterocycles. The van der Waals surface area contributed by atoms with E-state index in [0.29, 0.717) is 21.8 Å². The first kappa shape index (κ1) is 18.5. The Bertz CT molecular complexity index is 520. The predicted octanol–water partition coefficient (Wildman–Crippen LogP) is 2.15. The minimum absolute atomic E-state index is 0.156. The molecule has 0 radical (unpaired) electrons. The lowest BCUT2D eigenvalue weighted by Gasteiger charge is -2.22. The van der Waals surface area contributed by atoms with Crippen molar-refractivity contribution in [3.8, 4) is 0 Å². The number of aryl methyl sites for hydroxylation is 1. The summed E-state index contributed by atoms with van der Waals surface area (Å²) in [5.41, 5.74) is 6.66. The third kappa shape index (κ3) is 5.36. The summed E-state index contributed by atoms with van der Waals surface area (Å²) in [6.07, 6.45) is -3.07. The normalized spacial score (nSPS) is 14.3. The van der Waals surface area contributed by atoms with Crippen LogP contribution in [-0.4, -0.2) is 34.6 Å². The third-order valence-corrected chi connectivity index (χ3v) is 3.23. The molecule has 1 amide bonds. The highest BCUT2D eigenvalue weighted by atomic mass is 35.5. The summed E-state index contributed by atoms with van der Waals surface area (Å²) in [5.74, 6) is 0. The van der Waals surface area contributed by atoms with Crippen LogP contribution in [0.15, 0.2) is 12.1 Å². The van der Waals surface area contributed by atoms with E-state index in [4.69, 9.17) is 22.1 Å². The summed E-state index contributed by atoms with van der Waals surface area (Å²) in [5, 5.41) is 22.8. The summed E-state index contributed by atoms with van der Waals surface area (Å²) >= 11 is 5.96. The maximum absolute atomic E-state index is 11.5. The van der Waals surface area contributed by atoms with Gasteiger partial charge in [0.25, 0.3) is 0 Å².